The van der Waals surface area contributed by atoms with Crippen molar-refractivity contribution in [1.29, 1.82) is 0 Å². The molecule has 1 aromatic carbocycles. The second-order valence-corrected chi connectivity index (χ2v) is 3.36. The first-order chi connectivity index (χ1) is 7.81. The fraction of sp³-hybridized carbons (Fsp3) is 0.154. The molecular formula is C13H13NO2. The number of hydrogen-bond donors (Lipinski definition) is 1. The third kappa shape index (κ3) is 2.14. The average Bonchev–Trinajstić information content (AvgIpc) is 2.29. The molecule has 3 nitrogen and oxygen atoms in total. The van der Waals surface area contributed by atoms with Gasteiger partial charge in [-0.25, -0.2) is 0 Å². The van der Waals surface area contributed by atoms with Crippen LogP contribution >= 0.6 is 0 Å². The lowest BCUT2D eigenvalue weighted by Crippen LogP contribution is -1.84. The summed E-state index contributed by atoms with van der Waals surface area (Å²) < 4.78 is 5.14. The van der Waals surface area contributed by atoms with E-state index in [9.17, 15) is 5.11 Å². The number of hydrogen-bond acceptors (Lipinski definition) is 3. The first-order valence-corrected chi connectivity index (χ1v) is 5.17. The fourth-order valence-corrected chi connectivity index (χ4v) is 1.53. The molecule has 2 rings (SSSR count). The maximum atomic E-state index is 9.37. The van der Waals surface area contributed by atoms with E-state index in [0.29, 0.717) is 6.61 Å². The van der Waals surface area contributed by atoms with Crippen LogP contribution in [0, 0.1) is 0 Å². The summed E-state index contributed by atoms with van der Waals surface area (Å²) in [5.41, 5.74) is 0.839. The van der Waals surface area contributed by atoms with Gasteiger partial charge in [0.05, 0.1) is 18.6 Å². The molecule has 0 fully saturated rings. The van der Waals surface area contributed by atoms with Gasteiger partial charge in [-0.1, -0.05) is 0 Å². The monoisotopic (exact) mass is 215 g/mol. The molecule has 0 aliphatic rings. The van der Waals surface area contributed by atoms with Crippen LogP contribution in [0.1, 0.15) is 12.6 Å². The van der Waals surface area contributed by atoms with E-state index in [-0.39, 0.29) is 5.75 Å². The summed E-state index contributed by atoms with van der Waals surface area (Å²) in [6.07, 6.45) is 5.17. The highest BCUT2D eigenvalue weighted by molar-refractivity contribution is 5.89. The zero-order valence-corrected chi connectivity index (χ0v) is 9.05. The topological polar surface area (TPSA) is 42.4 Å². The minimum absolute atomic E-state index is 0.262. The van der Waals surface area contributed by atoms with Crippen molar-refractivity contribution in [2.45, 2.75) is 6.92 Å². The van der Waals surface area contributed by atoms with Gasteiger partial charge in [0.1, 0.15) is 5.75 Å². The van der Waals surface area contributed by atoms with Crippen molar-refractivity contribution in [1.82, 2.24) is 4.98 Å². The molecule has 16 heavy (non-hydrogen) atoms. The smallest absolute Gasteiger partial charge is 0.116 e. The zero-order valence-electron chi connectivity index (χ0n) is 9.05. The van der Waals surface area contributed by atoms with Crippen LogP contribution in [0.2, 0.25) is 0 Å². The average molecular weight is 215 g/mol. The van der Waals surface area contributed by atoms with Crippen molar-refractivity contribution in [3.63, 3.8) is 0 Å². The van der Waals surface area contributed by atoms with Crippen molar-refractivity contribution in [2.24, 2.45) is 0 Å². The van der Waals surface area contributed by atoms with Gasteiger partial charge < -0.3 is 9.84 Å². The lowest BCUT2D eigenvalue weighted by atomic mass is 10.1. The highest BCUT2D eigenvalue weighted by atomic mass is 16.5. The van der Waals surface area contributed by atoms with Gasteiger partial charge in [0.2, 0.25) is 0 Å². The van der Waals surface area contributed by atoms with Gasteiger partial charge in [-0.3, -0.25) is 4.98 Å². The number of ether oxygens (including phenoxy) is 1. The Kier molecular flexibility index (Phi) is 3.05. The number of rotatable bonds is 3. The molecule has 0 saturated heterocycles. The van der Waals surface area contributed by atoms with Gasteiger partial charge >= 0.3 is 0 Å². The third-order valence-electron chi connectivity index (χ3n) is 2.27. The lowest BCUT2D eigenvalue weighted by molar-refractivity contribution is 0.272. The van der Waals surface area contributed by atoms with E-state index in [4.69, 9.17) is 4.74 Å². The van der Waals surface area contributed by atoms with Crippen molar-refractivity contribution < 1.29 is 9.84 Å². The van der Waals surface area contributed by atoms with Crippen molar-refractivity contribution in [3.8, 4) is 5.75 Å². The number of fused-ring (bicyclic) bond motifs is 1. The molecular weight excluding hydrogens is 202 g/mol. The standard InChI is InChI=1S/C13H13NO2/c1-2-16-8-6-13-12-4-3-11(15)9-10(12)5-7-14-13/h3-9,15H,2H2,1H3. The number of nitrogens with zero attached hydrogens (tertiary/aromatic N) is 1. The van der Waals surface area contributed by atoms with Crippen molar-refractivity contribution >= 4 is 16.8 Å². The molecule has 0 unspecified atom stereocenters. The van der Waals surface area contributed by atoms with Crippen LogP contribution in [0.25, 0.3) is 16.8 Å². The fourth-order valence-electron chi connectivity index (χ4n) is 1.53. The number of benzene rings is 1. The molecule has 0 bridgehead atoms. The van der Waals surface area contributed by atoms with Gasteiger partial charge in [0.15, 0.2) is 0 Å². The molecule has 0 spiro atoms. The van der Waals surface area contributed by atoms with Crippen LogP contribution in [-0.4, -0.2) is 16.7 Å². The summed E-state index contributed by atoms with van der Waals surface area (Å²) >= 11 is 0. The summed E-state index contributed by atoms with van der Waals surface area (Å²) in [7, 11) is 0. The summed E-state index contributed by atoms with van der Waals surface area (Å²) in [6, 6.07) is 7.09. The van der Waals surface area contributed by atoms with Crippen LogP contribution in [0.5, 0.6) is 5.75 Å². The molecule has 0 aliphatic carbocycles. The Morgan fingerprint density at radius 3 is 3.06 bits per heavy atom. The Labute approximate surface area is 94.0 Å². The maximum Gasteiger partial charge on any atom is 0.116 e. The predicted octanol–water partition coefficient (Wildman–Crippen LogP) is 2.95. The largest absolute Gasteiger partial charge is 0.508 e. The van der Waals surface area contributed by atoms with E-state index >= 15 is 0 Å². The minimum atomic E-state index is 0.262. The molecule has 1 heterocycles. The zero-order chi connectivity index (χ0) is 11.4. The van der Waals surface area contributed by atoms with E-state index in [1.807, 2.05) is 25.1 Å². The number of phenolic OH excluding ortho intramolecular Hbond substituents is 1. The normalized spacial score (nSPS) is 11.1. The van der Waals surface area contributed by atoms with Gasteiger partial charge in [0, 0.05) is 11.6 Å². The summed E-state index contributed by atoms with van der Waals surface area (Å²) in [5, 5.41) is 11.3. The SMILES string of the molecule is CCOC=Cc1nccc2cc(O)ccc12. The minimum Gasteiger partial charge on any atom is -0.508 e. The van der Waals surface area contributed by atoms with E-state index in [1.165, 1.54) is 0 Å². The Hall–Kier alpha value is -2.03. The Balaban J connectivity index is 2.45. The molecule has 82 valence electrons. The summed E-state index contributed by atoms with van der Waals surface area (Å²) in [5.74, 6) is 0.262. The van der Waals surface area contributed by atoms with E-state index in [2.05, 4.69) is 4.98 Å². The molecule has 0 atom stereocenters. The Morgan fingerprint density at radius 2 is 2.25 bits per heavy atom. The molecule has 0 saturated carbocycles. The van der Waals surface area contributed by atoms with E-state index < -0.39 is 0 Å². The predicted molar refractivity (Wildman–Crippen MR) is 64.1 cm³/mol. The van der Waals surface area contributed by atoms with Crippen LogP contribution in [0.15, 0.2) is 36.7 Å². The highest BCUT2D eigenvalue weighted by Crippen LogP contribution is 2.22. The molecule has 2 aromatic rings. The van der Waals surface area contributed by atoms with Gasteiger partial charge in [0.25, 0.3) is 0 Å². The first-order valence-electron chi connectivity index (χ1n) is 5.17. The Morgan fingerprint density at radius 1 is 1.38 bits per heavy atom. The van der Waals surface area contributed by atoms with Crippen LogP contribution in [0.3, 0.4) is 0 Å². The molecule has 1 aromatic heterocycles. The molecule has 1 N–H and O–H groups in total. The van der Waals surface area contributed by atoms with Crippen LogP contribution in [-0.2, 0) is 4.74 Å². The molecule has 0 radical (unpaired) electrons. The van der Waals surface area contributed by atoms with E-state index in [0.717, 1.165) is 16.5 Å². The van der Waals surface area contributed by atoms with Crippen LogP contribution < -0.4 is 0 Å². The van der Waals surface area contributed by atoms with Gasteiger partial charge in [-0.2, -0.15) is 0 Å². The molecule has 0 aliphatic heterocycles. The maximum absolute atomic E-state index is 9.37. The number of aromatic hydroxyl groups is 1. The summed E-state index contributed by atoms with van der Waals surface area (Å²) in [6.45, 7) is 2.57. The molecule has 0 amide bonds. The summed E-state index contributed by atoms with van der Waals surface area (Å²) in [4.78, 5) is 4.26. The van der Waals surface area contributed by atoms with Crippen molar-refractivity contribution in [3.05, 3.63) is 42.4 Å². The van der Waals surface area contributed by atoms with Gasteiger partial charge in [-0.15, -0.1) is 0 Å². The number of pyridine rings is 1. The lowest BCUT2D eigenvalue weighted by Gasteiger charge is -2.02. The van der Waals surface area contributed by atoms with Gasteiger partial charge in [-0.05, 0) is 42.7 Å². The van der Waals surface area contributed by atoms with Crippen molar-refractivity contribution in [2.75, 3.05) is 6.61 Å². The van der Waals surface area contributed by atoms with Crippen LogP contribution in [0.4, 0.5) is 0 Å². The Bertz CT molecular complexity index is 520. The number of aromatic nitrogens is 1. The quantitative estimate of drug-likeness (QED) is 0.800. The second-order valence-electron chi connectivity index (χ2n) is 3.36. The first kappa shape index (κ1) is 10.5. The molecule has 3 heteroatoms. The number of phenols is 1. The van der Waals surface area contributed by atoms with E-state index in [1.54, 1.807) is 24.6 Å². The second kappa shape index (κ2) is 4.66. The third-order valence-corrected chi connectivity index (χ3v) is 2.27. The highest BCUT2D eigenvalue weighted by Gasteiger charge is 1.99.